The summed E-state index contributed by atoms with van der Waals surface area (Å²) in [6.45, 7) is 10.9. The van der Waals surface area contributed by atoms with Gasteiger partial charge in [0.25, 0.3) is 0 Å². The van der Waals surface area contributed by atoms with Crippen molar-refractivity contribution in [3.05, 3.63) is 0 Å². The van der Waals surface area contributed by atoms with Gasteiger partial charge < -0.3 is 10.1 Å². The van der Waals surface area contributed by atoms with Gasteiger partial charge in [-0.1, -0.05) is 27.2 Å². The Hall–Kier alpha value is -0.610. The largest absolute Gasteiger partial charge is 0.468 e. The number of esters is 1. The predicted octanol–water partition coefficient (Wildman–Crippen LogP) is 2.43. The average Bonchev–Trinajstić information content (AvgIpc) is 2.55. The second kappa shape index (κ2) is 6.66. The Bertz CT molecular complexity index is 354. The first kappa shape index (κ1) is 16.8. The third-order valence-corrected chi connectivity index (χ3v) is 6.12. The van der Waals surface area contributed by atoms with Crippen molar-refractivity contribution in [2.75, 3.05) is 33.3 Å². The number of piperazine rings is 1. The summed E-state index contributed by atoms with van der Waals surface area (Å²) in [5, 5.41) is 3.38. The Morgan fingerprint density at radius 3 is 2.33 bits per heavy atom. The molecule has 1 saturated carbocycles. The highest BCUT2D eigenvalue weighted by molar-refractivity contribution is 5.81. The number of nitrogens with zero attached hydrogens (tertiary/aromatic N) is 1. The molecule has 0 aromatic rings. The molecule has 0 spiro atoms. The maximum absolute atomic E-state index is 12.5. The molecule has 1 saturated heterocycles. The predicted molar refractivity (Wildman–Crippen MR) is 85.2 cm³/mol. The van der Waals surface area contributed by atoms with E-state index in [1.165, 1.54) is 13.5 Å². The van der Waals surface area contributed by atoms with Gasteiger partial charge in [0, 0.05) is 26.2 Å². The number of nitrogens with one attached hydrogen (secondary N) is 1. The summed E-state index contributed by atoms with van der Waals surface area (Å²) in [7, 11) is 1.54. The van der Waals surface area contributed by atoms with Gasteiger partial charge in [-0.25, -0.2) is 0 Å². The van der Waals surface area contributed by atoms with Crippen molar-refractivity contribution in [1.82, 2.24) is 10.2 Å². The second-order valence-electron chi connectivity index (χ2n) is 7.38. The maximum Gasteiger partial charge on any atom is 0.326 e. The third-order valence-electron chi connectivity index (χ3n) is 6.12. The van der Waals surface area contributed by atoms with Crippen LogP contribution in [0.15, 0.2) is 0 Å². The van der Waals surface area contributed by atoms with E-state index < -0.39 is 0 Å². The molecular weight excluding hydrogens is 264 g/mol. The SMILES string of the molecule is CCC(C)(C)C1CCC(C(=O)OC)(N2CCNCC2)CC1. The lowest BCUT2D eigenvalue weighted by atomic mass is 9.65. The second-order valence-corrected chi connectivity index (χ2v) is 7.38. The van der Waals surface area contributed by atoms with E-state index in [0.717, 1.165) is 57.8 Å². The normalized spacial score (nSPS) is 31.9. The molecule has 0 unspecified atom stereocenters. The summed E-state index contributed by atoms with van der Waals surface area (Å²) in [4.78, 5) is 14.9. The first-order chi connectivity index (χ1) is 9.96. The summed E-state index contributed by atoms with van der Waals surface area (Å²) >= 11 is 0. The topological polar surface area (TPSA) is 41.6 Å². The molecule has 4 nitrogen and oxygen atoms in total. The van der Waals surface area contributed by atoms with E-state index in [4.69, 9.17) is 4.74 Å². The highest BCUT2D eigenvalue weighted by Crippen LogP contribution is 2.45. The van der Waals surface area contributed by atoms with Crippen LogP contribution in [0, 0.1) is 11.3 Å². The van der Waals surface area contributed by atoms with Gasteiger partial charge in [0.1, 0.15) is 5.54 Å². The van der Waals surface area contributed by atoms with Gasteiger partial charge in [-0.2, -0.15) is 0 Å². The number of ether oxygens (including phenoxy) is 1. The molecule has 0 radical (unpaired) electrons. The van der Waals surface area contributed by atoms with Crippen molar-refractivity contribution in [2.45, 2.75) is 58.4 Å². The third kappa shape index (κ3) is 3.26. The van der Waals surface area contributed by atoms with Crippen LogP contribution in [-0.4, -0.2) is 49.7 Å². The van der Waals surface area contributed by atoms with Crippen LogP contribution in [0.25, 0.3) is 0 Å². The number of methoxy groups -OCH3 is 1. The van der Waals surface area contributed by atoms with Crippen LogP contribution < -0.4 is 5.32 Å². The van der Waals surface area contributed by atoms with E-state index in [2.05, 4.69) is 31.0 Å². The summed E-state index contributed by atoms with van der Waals surface area (Å²) in [6.07, 6.45) is 5.39. The van der Waals surface area contributed by atoms with E-state index in [9.17, 15) is 4.79 Å². The fourth-order valence-electron chi connectivity index (χ4n) is 4.10. The first-order valence-electron chi connectivity index (χ1n) is 8.50. The van der Waals surface area contributed by atoms with Gasteiger partial charge in [0.05, 0.1) is 7.11 Å². The molecule has 2 fully saturated rings. The summed E-state index contributed by atoms with van der Waals surface area (Å²) in [5.74, 6) is 0.709. The lowest BCUT2D eigenvalue weighted by Crippen LogP contribution is -2.62. The van der Waals surface area contributed by atoms with Crippen LogP contribution >= 0.6 is 0 Å². The molecule has 1 heterocycles. The number of rotatable bonds is 4. The van der Waals surface area contributed by atoms with Crippen LogP contribution in [0.3, 0.4) is 0 Å². The van der Waals surface area contributed by atoms with Crippen molar-refractivity contribution >= 4 is 5.97 Å². The standard InChI is InChI=1S/C17H32N2O2/c1-5-16(2,3)14-6-8-17(9-7-14,15(20)21-4)19-12-10-18-11-13-19/h14,18H,5-13H2,1-4H3. The molecule has 0 bridgehead atoms. The van der Waals surface area contributed by atoms with E-state index in [-0.39, 0.29) is 11.5 Å². The molecular formula is C17H32N2O2. The molecule has 0 aromatic heterocycles. The molecule has 2 aliphatic rings. The molecule has 1 aliphatic heterocycles. The Morgan fingerprint density at radius 2 is 1.86 bits per heavy atom. The van der Waals surface area contributed by atoms with Crippen LogP contribution in [0.1, 0.15) is 52.9 Å². The molecule has 2 rings (SSSR count). The Labute approximate surface area is 129 Å². The van der Waals surface area contributed by atoms with Crippen LogP contribution in [-0.2, 0) is 9.53 Å². The van der Waals surface area contributed by atoms with E-state index in [0.29, 0.717) is 5.41 Å². The summed E-state index contributed by atoms with van der Waals surface area (Å²) in [5.41, 5.74) is 0.0168. The van der Waals surface area contributed by atoms with Crippen molar-refractivity contribution in [3.8, 4) is 0 Å². The minimum atomic E-state index is -0.364. The van der Waals surface area contributed by atoms with Gasteiger partial charge in [0.15, 0.2) is 0 Å². The fraction of sp³-hybridized carbons (Fsp3) is 0.941. The minimum absolute atomic E-state index is 0.0165. The van der Waals surface area contributed by atoms with Crippen LogP contribution in [0.4, 0.5) is 0 Å². The van der Waals surface area contributed by atoms with Crippen molar-refractivity contribution < 1.29 is 9.53 Å². The summed E-state index contributed by atoms with van der Waals surface area (Å²) < 4.78 is 5.19. The smallest absolute Gasteiger partial charge is 0.326 e. The quantitative estimate of drug-likeness (QED) is 0.809. The molecule has 1 aliphatic carbocycles. The average molecular weight is 296 g/mol. The van der Waals surface area contributed by atoms with Gasteiger partial charge in [-0.15, -0.1) is 0 Å². The van der Waals surface area contributed by atoms with Crippen molar-refractivity contribution in [1.29, 1.82) is 0 Å². The molecule has 21 heavy (non-hydrogen) atoms. The first-order valence-corrected chi connectivity index (χ1v) is 8.50. The zero-order chi connectivity index (χ0) is 15.5. The zero-order valence-electron chi connectivity index (χ0n) is 14.2. The lowest BCUT2D eigenvalue weighted by Gasteiger charge is -2.49. The number of hydrogen-bond acceptors (Lipinski definition) is 4. The number of carbonyl (C=O) groups excluding carboxylic acids is 1. The van der Waals surface area contributed by atoms with Crippen molar-refractivity contribution in [3.63, 3.8) is 0 Å². The maximum atomic E-state index is 12.5. The fourth-order valence-corrected chi connectivity index (χ4v) is 4.10. The van der Waals surface area contributed by atoms with E-state index in [1.54, 1.807) is 0 Å². The van der Waals surface area contributed by atoms with Crippen molar-refractivity contribution in [2.24, 2.45) is 11.3 Å². The van der Waals surface area contributed by atoms with E-state index in [1.807, 2.05) is 0 Å². The highest BCUT2D eigenvalue weighted by atomic mass is 16.5. The summed E-state index contributed by atoms with van der Waals surface area (Å²) in [6, 6.07) is 0. The molecule has 0 amide bonds. The minimum Gasteiger partial charge on any atom is -0.468 e. The van der Waals surface area contributed by atoms with Crippen LogP contribution in [0.2, 0.25) is 0 Å². The Kier molecular flexibility index (Phi) is 5.31. The van der Waals surface area contributed by atoms with Crippen LogP contribution in [0.5, 0.6) is 0 Å². The monoisotopic (exact) mass is 296 g/mol. The number of hydrogen-bond donors (Lipinski definition) is 1. The lowest BCUT2D eigenvalue weighted by molar-refractivity contribution is -0.160. The Morgan fingerprint density at radius 1 is 1.29 bits per heavy atom. The van der Waals surface area contributed by atoms with Gasteiger partial charge in [0.2, 0.25) is 0 Å². The number of carbonyl (C=O) groups is 1. The van der Waals surface area contributed by atoms with E-state index >= 15 is 0 Å². The molecule has 122 valence electrons. The Balaban J connectivity index is 2.12. The zero-order valence-corrected chi connectivity index (χ0v) is 14.2. The molecule has 0 atom stereocenters. The molecule has 0 aromatic carbocycles. The highest BCUT2D eigenvalue weighted by Gasteiger charge is 2.49. The molecule has 1 N–H and O–H groups in total. The van der Waals surface area contributed by atoms with Gasteiger partial charge in [-0.3, -0.25) is 9.69 Å². The van der Waals surface area contributed by atoms with Gasteiger partial charge in [-0.05, 0) is 37.0 Å². The molecule has 4 heteroatoms. The van der Waals surface area contributed by atoms with Gasteiger partial charge >= 0.3 is 5.97 Å².